The molecule has 5 aromatic rings. The molecule has 0 bridgehead atoms. The van der Waals surface area contributed by atoms with Crippen LogP contribution in [0.15, 0.2) is 64.1 Å². The van der Waals surface area contributed by atoms with E-state index in [1.54, 1.807) is 36.5 Å². The van der Waals surface area contributed by atoms with Crippen LogP contribution in [0, 0.1) is 0 Å². The van der Waals surface area contributed by atoms with Crippen molar-refractivity contribution in [3.63, 3.8) is 0 Å². The molecule has 0 aliphatic heterocycles. The molecule has 11 nitrogen and oxygen atoms in total. The molecule has 5 rings (SSSR count). The number of aromatic nitrogens is 5. The zero-order chi connectivity index (χ0) is 27.9. The summed E-state index contributed by atoms with van der Waals surface area (Å²) in [6.45, 7) is 5.65. The molecule has 0 aliphatic carbocycles. The van der Waals surface area contributed by atoms with E-state index < -0.39 is 15.7 Å². The molecule has 0 saturated carbocycles. The average molecular weight is 546 g/mol. The van der Waals surface area contributed by atoms with Gasteiger partial charge in [0.25, 0.3) is 0 Å². The minimum atomic E-state index is -3.65. The van der Waals surface area contributed by atoms with Crippen LogP contribution in [0.5, 0.6) is 0 Å². The molecule has 39 heavy (non-hydrogen) atoms. The zero-order valence-corrected chi connectivity index (χ0v) is 22.6. The van der Waals surface area contributed by atoms with Gasteiger partial charge in [0.15, 0.2) is 21.3 Å². The summed E-state index contributed by atoms with van der Waals surface area (Å²) in [4.78, 5) is 29.1. The molecule has 0 unspecified atom stereocenters. The number of anilines is 1. The number of pyridine rings is 1. The molecule has 1 amide bonds. The number of carbonyl (C=O) groups is 1. The lowest BCUT2D eigenvalue weighted by Crippen LogP contribution is -2.24. The summed E-state index contributed by atoms with van der Waals surface area (Å²) in [5.74, 6) is 0.170. The molecule has 0 spiro atoms. The summed E-state index contributed by atoms with van der Waals surface area (Å²) in [5, 5.41) is 6.52. The van der Waals surface area contributed by atoms with Gasteiger partial charge < -0.3 is 20.6 Å². The van der Waals surface area contributed by atoms with E-state index in [-0.39, 0.29) is 22.7 Å². The van der Waals surface area contributed by atoms with Gasteiger partial charge >= 0.3 is 11.8 Å². The summed E-state index contributed by atoms with van der Waals surface area (Å²) in [6, 6.07) is 14.2. The predicted octanol–water partition coefficient (Wildman–Crippen LogP) is 3.89. The number of hydrogen-bond acceptors (Lipinski definition) is 9. The Labute approximate surface area is 224 Å². The summed E-state index contributed by atoms with van der Waals surface area (Å²) in [6.07, 6.45) is 2.74. The Hall–Kier alpha value is -4.58. The van der Waals surface area contributed by atoms with E-state index in [0.717, 1.165) is 11.8 Å². The largest absolute Gasteiger partial charge is 0.398 e. The van der Waals surface area contributed by atoms with Gasteiger partial charge in [0.05, 0.1) is 10.4 Å². The lowest BCUT2D eigenvalue weighted by atomic mass is 9.96. The van der Waals surface area contributed by atoms with Gasteiger partial charge in [-0.3, -0.25) is 4.79 Å². The minimum absolute atomic E-state index is 0.0536. The molecule has 2 aromatic carbocycles. The Balaban J connectivity index is 1.47. The number of amides is 1. The number of sulfone groups is 1. The van der Waals surface area contributed by atoms with Gasteiger partial charge in [-0.1, -0.05) is 50.2 Å². The highest BCUT2D eigenvalue weighted by atomic mass is 32.2. The summed E-state index contributed by atoms with van der Waals surface area (Å²) in [5.41, 5.74) is 9.93. The third-order valence-corrected chi connectivity index (χ3v) is 7.30. The van der Waals surface area contributed by atoms with Crippen LogP contribution in [0.2, 0.25) is 0 Å². The third kappa shape index (κ3) is 5.23. The lowest BCUT2D eigenvalue weighted by Gasteiger charge is -2.12. The number of para-hydroxylation sites is 1. The second-order valence-electron chi connectivity index (χ2n) is 10.2. The van der Waals surface area contributed by atoms with Crippen LogP contribution < -0.4 is 11.1 Å². The van der Waals surface area contributed by atoms with E-state index in [2.05, 4.69) is 30.4 Å². The first-order valence-corrected chi connectivity index (χ1v) is 14.0. The molecule has 0 saturated heterocycles. The Kier molecular flexibility index (Phi) is 6.43. The Morgan fingerprint density at radius 1 is 1.08 bits per heavy atom. The third-order valence-electron chi connectivity index (χ3n) is 6.12. The van der Waals surface area contributed by atoms with E-state index >= 15 is 0 Å². The van der Waals surface area contributed by atoms with Crippen molar-refractivity contribution in [3.05, 3.63) is 72.0 Å². The van der Waals surface area contributed by atoms with Crippen LogP contribution in [-0.2, 0) is 21.8 Å². The number of rotatable bonds is 6. The number of fused-ring (bicyclic) bond motifs is 1. The van der Waals surface area contributed by atoms with Crippen LogP contribution in [0.3, 0.4) is 0 Å². The molecule has 3 aromatic heterocycles. The average Bonchev–Trinajstić information content (AvgIpc) is 3.55. The van der Waals surface area contributed by atoms with Gasteiger partial charge in [0, 0.05) is 41.2 Å². The second kappa shape index (κ2) is 9.62. The lowest BCUT2D eigenvalue weighted by molar-refractivity contribution is 0.0906. The molecular formula is C27H27N7O4S. The quantitative estimate of drug-likeness (QED) is 0.268. The summed E-state index contributed by atoms with van der Waals surface area (Å²) in [7, 11) is -3.65. The number of carbonyl (C=O) groups excluding carboxylic acids is 1. The van der Waals surface area contributed by atoms with Gasteiger partial charge in [-0.15, -0.1) is 0 Å². The van der Waals surface area contributed by atoms with Gasteiger partial charge in [0.2, 0.25) is 0 Å². The number of nitrogen functional groups attached to an aromatic ring is 1. The van der Waals surface area contributed by atoms with Crippen molar-refractivity contribution >= 4 is 32.6 Å². The van der Waals surface area contributed by atoms with Crippen LogP contribution in [0.25, 0.3) is 33.7 Å². The molecule has 0 aliphatic rings. The van der Waals surface area contributed by atoms with Crippen molar-refractivity contribution in [2.45, 2.75) is 37.6 Å². The van der Waals surface area contributed by atoms with Gasteiger partial charge in [-0.2, -0.15) is 4.98 Å². The SMILES string of the molecule is CC(C)(C)c1noc(C(=O)NCc2ccc(-c3ccnc4nc(-c5ccccc5N)[nH]c34)cc2S(C)(=O)=O)n1. The number of nitrogens with two attached hydrogens (primary N) is 1. The predicted molar refractivity (Wildman–Crippen MR) is 146 cm³/mol. The van der Waals surface area contributed by atoms with E-state index in [1.807, 2.05) is 39.0 Å². The van der Waals surface area contributed by atoms with Crippen LogP contribution in [0.4, 0.5) is 5.69 Å². The number of nitrogens with zero attached hydrogens (tertiary/aromatic N) is 4. The van der Waals surface area contributed by atoms with E-state index in [9.17, 15) is 13.2 Å². The first-order chi connectivity index (χ1) is 18.4. The molecule has 200 valence electrons. The fourth-order valence-electron chi connectivity index (χ4n) is 4.08. The Bertz CT molecular complexity index is 1820. The molecule has 3 heterocycles. The highest BCUT2D eigenvalue weighted by molar-refractivity contribution is 7.90. The Morgan fingerprint density at radius 2 is 1.85 bits per heavy atom. The zero-order valence-electron chi connectivity index (χ0n) is 21.8. The number of imidazole rings is 1. The van der Waals surface area contributed by atoms with Crippen molar-refractivity contribution < 1.29 is 17.7 Å². The highest BCUT2D eigenvalue weighted by Crippen LogP contribution is 2.32. The Morgan fingerprint density at radius 3 is 2.54 bits per heavy atom. The van der Waals surface area contributed by atoms with Crippen LogP contribution in [0.1, 0.15) is 42.8 Å². The standard InChI is InChI=1S/C27H27N7O4S/c1-27(2,3)26-33-25(38-34-26)24(35)30-14-16-10-9-15(13-20(16)39(4,36)37)17-11-12-29-23-21(17)31-22(32-23)18-7-5-6-8-19(18)28/h5-13H,14,28H2,1-4H3,(H,30,35)(H,29,31,32). The van der Waals surface area contributed by atoms with Crippen molar-refractivity contribution in [1.29, 1.82) is 0 Å². The van der Waals surface area contributed by atoms with Crippen molar-refractivity contribution in [1.82, 2.24) is 30.4 Å². The molecule has 4 N–H and O–H groups in total. The fraction of sp³-hybridized carbons (Fsp3) is 0.222. The molecular weight excluding hydrogens is 518 g/mol. The van der Waals surface area contributed by atoms with E-state index in [1.165, 1.54) is 0 Å². The van der Waals surface area contributed by atoms with Gasteiger partial charge in [0.1, 0.15) is 5.82 Å². The monoisotopic (exact) mass is 545 g/mol. The number of aromatic amines is 1. The summed E-state index contributed by atoms with van der Waals surface area (Å²) < 4.78 is 30.6. The second-order valence-corrected chi connectivity index (χ2v) is 12.2. The molecule has 0 atom stereocenters. The fourth-order valence-corrected chi connectivity index (χ4v) is 5.03. The van der Waals surface area contributed by atoms with Crippen molar-refractivity contribution in [2.75, 3.05) is 12.0 Å². The normalized spacial score (nSPS) is 12.1. The van der Waals surface area contributed by atoms with Crippen molar-refractivity contribution in [2.24, 2.45) is 0 Å². The smallest absolute Gasteiger partial charge is 0.315 e. The number of H-pyrrole nitrogens is 1. The number of nitrogens with one attached hydrogen (secondary N) is 2. The molecule has 12 heteroatoms. The summed E-state index contributed by atoms with van der Waals surface area (Å²) >= 11 is 0. The molecule has 0 radical (unpaired) electrons. The maximum absolute atomic E-state index is 12.8. The number of hydrogen-bond donors (Lipinski definition) is 3. The first-order valence-electron chi connectivity index (χ1n) is 12.1. The minimum Gasteiger partial charge on any atom is -0.398 e. The van der Waals surface area contributed by atoms with Crippen LogP contribution >= 0.6 is 0 Å². The maximum atomic E-state index is 12.8. The van der Waals surface area contributed by atoms with Gasteiger partial charge in [-0.05, 0) is 35.4 Å². The van der Waals surface area contributed by atoms with Gasteiger partial charge in [-0.25, -0.2) is 18.4 Å². The maximum Gasteiger partial charge on any atom is 0.315 e. The first kappa shape index (κ1) is 26.0. The van der Waals surface area contributed by atoms with E-state index in [4.69, 9.17) is 10.3 Å². The number of benzene rings is 2. The topological polar surface area (TPSA) is 170 Å². The van der Waals surface area contributed by atoms with Crippen molar-refractivity contribution in [3.8, 4) is 22.5 Å². The molecule has 0 fully saturated rings. The van der Waals surface area contributed by atoms with E-state index in [0.29, 0.717) is 45.2 Å². The van der Waals surface area contributed by atoms with Crippen LogP contribution in [-0.4, -0.2) is 45.7 Å². The highest BCUT2D eigenvalue weighted by Gasteiger charge is 2.24.